The topological polar surface area (TPSA) is 61.4 Å². The number of anilines is 1. The molecule has 1 aliphatic rings. The van der Waals surface area contributed by atoms with Gasteiger partial charge in [-0.05, 0) is 25.1 Å². The smallest absolute Gasteiger partial charge is 0.255 e. The summed E-state index contributed by atoms with van der Waals surface area (Å²) in [7, 11) is 0. The predicted octanol–water partition coefficient (Wildman–Crippen LogP) is 2.37. The monoisotopic (exact) mass is 323 g/mol. The van der Waals surface area contributed by atoms with E-state index in [1.54, 1.807) is 18.2 Å². The van der Waals surface area contributed by atoms with Crippen molar-refractivity contribution in [2.45, 2.75) is 26.8 Å². The molecule has 22 heavy (non-hydrogen) atoms. The molecule has 1 saturated heterocycles. The Kier molecular flexibility index (Phi) is 5.42. The molecule has 0 aliphatic carbocycles. The van der Waals surface area contributed by atoms with E-state index in [9.17, 15) is 9.59 Å². The average molecular weight is 324 g/mol. The normalized spacial score (nSPS) is 18.4. The zero-order valence-electron chi connectivity index (χ0n) is 13.1. The number of hydrogen-bond acceptors (Lipinski definition) is 3. The summed E-state index contributed by atoms with van der Waals surface area (Å²) in [4.78, 5) is 26.3. The molecule has 5 nitrogen and oxygen atoms in total. The Balaban J connectivity index is 2.22. The lowest BCUT2D eigenvalue weighted by Gasteiger charge is -2.34. The van der Waals surface area contributed by atoms with Gasteiger partial charge in [0.05, 0.1) is 10.6 Å². The van der Waals surface area contributed by atoms with Crippen LogP contribution in [0.1, 0.15) is 31.1 Å². The third-order valence-corrected chi connectivity index (χ3v) is 4.08. The largest absolute Gasteiger partial charge is 0.333 e. The first-order valence-corrected chi connectivity index (χ1v) is 7.90. The van der Waals surface area contributed by atoms with Crippen molar-refractivity contribution in [3.8, 4) is 0 Å². The Morgan fingerprint density at radius 2 is 2.14 bits per heavy atom. The first-order valence-electron chi connectivity index (χ1n) is 7.52. The molecule has 2 amide bonds. The number of nitrogens with zero attached hydrogens (tertiary/aromatic N) is 1. The minimum Gasteiger partial charge on any atom is -0.333 e. The van der Waals surface area contributed by atoms with Crippen LogP contribution < -0.4 is 10.6 Å². The molecule has 0 unspecified atom stereocenters. The van der Waals surface area contributed by atoms with Crippen LogP contribution in [0.4, 0.5) is 5.69 Å². The van der Waals surface area contributed by atoms with Crippen LogP contribution in [0.15, 0.2) is 18.2 Å². The van der Waals surface area contributed by atoms with Crippen LogP contribution in [0, 0.1) is 5.92 Å². The summed E-state index contributed by atoms with van der Waals surface area (Å²) in [6.45, 7) is 7.84. The first kappa shape index (κ1) is 16.8. The quantitative estimate of drug-likeness (QED) is 0.897. The molecule has 2 N–H and O–H groups in total. The van der Waals surface area contributed by atoms with Gasteiger partial charge in [0.1, 0.15) is 0 Å². The van der Waals surface area contributed by atoms with Crippen LogP contribution in [-0.4, -0.2) is 42.4 Å². The third kappa shape index (κ3) is 3.78. The summed E-state index contributed by atoms with van der Waals surface area (Å²) in [5, 5.41) is 6.45. The number of benzene rings is 1. The lowest BCUT2D eigenvalue weighted by atomic mass is 10.1. The van der Waals surface area contributed by atoms with Gasteiger partial charge in [-0.25, -0.2) is 0 Å². The van der Waals surface area contributed by atoms with Gasteiger partial charge >= 0.3 is 0 Å². The molecule has 1 aliphatic heterocycles. The maximum Gasteiger partial charge on any atom is 0.255 e. The molecule has 0 aromatic heterocycles. The first-order chi connectivity index (χ1) is 10.4. The Labute approximate surface area is 136 Å². The zero-order valence-corrected chi connectivity index (χ0v) is 13.9. The SMILES string of the molecule is CC(C)C(=O)Nc1ccc(Cl)c(C(=O)N2CCNC[C@@H]2C)c1. The van der Waals surface area contributed by atoms with Crippen LogP contribution in [0.3, 0.4) is 0 Å². The molecular weight excluding hydrogens is 302 g/mol. The number of hydrogen-bond donors (Lipinski definition) is 2. The molecular formula is C16H22ClN3O2. The van der Waals surface area contributed by atoms with Gasteiger partial charge in [-0.15, -0.1) is 0 Å². The van der Waals surface area contributed by atoms with Gasteiger partial charge in [0.2, 0.25) is 5.91 Å². The van der Waals surface area contributed by atoms with Crippen molar-refractivity contribution in [3.63, 3.8) is 0 Å². The van der Waals surface area contributed by atoms with Gasteiger partial charge in [0.25, 0.3) is 5.91 Å². The number of nitrogens with one attached hydrogen (secondary N) is 2. The maximum absolute atomic E-state index is 12.7. The lowest BCUT2D eigenvalue weighted by Crippen LogP contribution is -2.52. The molecule has 2 rings (SSSR count). The Morgan fingerprint density at radius 3 is 2.77 bits per heavy atom. The van der Waals surface area contributed by atoms with E-state index in [0.717, 1.165) is 13.1 Å². The fraction of sp³-hybridized carbons (Fsp3) is 0.500. The fourth-order valence-electron chi connectivity index (χ4n) is 2.35. The number of piperazine rings is 1. The van der Waals surface area contributed by atoms with E-state index < -0.39 is 0 Å². The molecule has 0 radical (unpaired) electrons. The molecule has 120 valence electrons. The summed E-state index contributed by atoms with van der Waals surface area (Å²) >= 11 is 6.18. The number of carbonyl (C=O) groups excluding carboxylic acids is 2. The molecule has 6 heteroatoms. The van der Waals surface area contributed by atoms with E-state index in [1.165, 1.54) is 0 Å². The van der Waals surface area contributed by atoms with Crippen LogP contribution in [-0.2, 0) is 4.79 Å². The number of halogens is 1. The van der Waals surface area contributed by atoms with Crippen LogP contribution in [0.25, 0.3) is 0 Å². The van der Waals surface area contributed by atoms with Gasteiger partial charge in [0.15, 0.2) is 0 Å². The standard InChI is InChI=1S/C16H22ClN3O2/c1-10(2)15(21)19-12-4-5-14(17)13(8-12)16(22)20-7-6-18-9-11(20)3/h4-5,8,10-11,18H,6-7,9H2,1-3H3,(H,19,21)/t11-/m0/s1. The highest BCUT2D eigenvalue weighted by Crippen LogP contribution is 2.23. The average Bonchev–Trinajstić information content (AvgIpc) is 2.49. The number of carbonyl (C=O) groups is 2. The summed E-state index contributed by atoms with van der Waals surface area (Å²) in [5.74, 6) is -0.307. The van der Waals surface area contributed by atoms with Gasteiger partial charge in [-0.3, -0.25) is 9.59 Å². The summed E-state index contributed by atoms with van der Waals surface area (Å²) < 4.78 is 0. The molecule has 0 saturated carbocycles. The van der Waals surface area contributed by atoms with E-state index in [2.05, 4.69) is 10.6 Å². The van der Waals surface area contributed by atoms with Gasteiger partial charge in [-0.2, -0.15) is 0 Å². The van der Waals surface area contributed by atoms with Crippen LogP contribution in [0.2, 0.25) is 5.02 Å². The van der Waals surface area contributed by atoms with Crippen molar-refractivity contribution >= 4 is 29.1 Å². The highest BCUT2D eigenvalue weighted by atomic mass is 35.5. The lowest BCUT2D eigenvalue weighted by molar-refractivity contribution is -0.118. The fourth-order valence-corrected chi connectivity index (χ4v) is 2.55. The Bertz CT molecular complexity index is 575. The van der Waals surface area contributed by atoms with Crippen molar-refractivity contribution in [1.82, 2.24) is 10.2 Å². The van der Waals surface area contributed by atoms with Crippen molar-refractivity contribution in [2.75, 3.05) is 25.0 Å². The molecule has 1 aromatic rings. The van der Waals surface area contributed by atoms with Crippen molar-refractivity contribution in [3.05, 3.63) is 28.8 Å². The second-order valence-electron chi connectivity index (χ2n) is 5.89. The maximum atomic E-state index is 12.7. The van der Waals surface area contributed by atoms with E-state index in [0.29, 0.717) is 22.8 Å². The zero-order chi connectivity index (χ0) is 16.3. The molecule has 1 aromatic carbocycles. The van der Waals surface area contributed by atoms with E-state index in [-0.39, 0.29) is 23.8 Å². The van der Waals surface area contributed by atoms with Crippen LogP contribution in [0.5, 0.6) is 0 Å². The summed E-state index contributed by atoms with van der Waals surface area (Å²) in [6.07, 6.45) is 0. The molecule has 1 heterocycles. The molecule has 1 atom stereocenters. The minimum atomic E-state index is -0.122. The number of rotatable bonds is 3. The molecule has 1 fully saturated rings. The van der Waals surface area contributed by atoms with Crippen LogP contribution >= 0.6 is 11.6 Å². The number of amides is 2. The van der Waals surface area contributed by atoms with Gasteiger partial charge < -0.3 is 15.5 Å². The molecule has 0 spiro atoms. The van der Waals surface area contributed by atoms with Gasteiger partial charge in [0, 0.05) is 37.3 Å². The Morgan fingerprint density at radius 1 is 1.41 bits per heavy atom. The van der Waals surface area contributed by atoms with E-state index in [4.69, 9.17) is 11.6 Å². The summed E-state index contributed by atoms with van der Waals surface area (Å²) in [6, 6.07) is 5.13. The highest BCUT2D eigenvalue weighted by Gasteiger charge is 2.25. The van der Waals surface area contributed by atoms with Crippen molar-refractivity contribution in [2.24, 2.45) is 5.92 Å². The molecule has 0 bridgehead atoms. The summed E-state index contributed by atoms with van der Waals surface area (Å²) in [5.41, 5.74) is 1.02. The Hall–Kier alpha value is -1.59. The van der Waals surface area contributed by atoms with Crippen molar-refractivity contribution in [1.29, 1.82) is 0 Å². The highest BCUT2D eigenvalue weighted by molar-refractivity contribution is 6.34. The van der Waals surface area contributed by atoms with Crippen molar-refractivity contribution < 1.29 is 9.59 Å². The predicted molar refractivity (Wildman–Crippen MR) is 88.3 cm³/mol. The third-order valence-electron chi connectivity index (χ3n) is 3.75. The van der Waals surface area contributed by atoms with E-state index in [1.807, 2.05) is 25.7 Å². The second-order valence-corrected chi connectivity index (χ2v) is 6.30. The second kappa shape index (κ2) is 7.11. The van der Waals surface area contributed by atoms with Gasteiger partial charge in [-0.1, -0.05) is 25.4 Å². The minimum absolute atomic E-state index is 0.0868. The van der Waals surface area contributed by atoms with E-state index >= 15 is 0 Å².